The number of alkyl halides is 1. The zero-order valence-electron chi connectivity index (χ0n) is 7.32. The average molecular weight is 211 g/mol. The predicted molar refractivity (Wildman–Crippen MR) is 53.1 cm³/mol. The van der Waals surface area contributed by atoms with E-state index in [1.165, 1.54) is 12.1 Å². The molecule has 1 aromatic heterocycles. The highest BCUT2D eigenvalue weighted by atomic mass is 35.5. The lowest BCUT2D eigenvalue weighted by Gasteiger charge is -2.00. The maximum atomic E-state index is 12.9. The van der Waals surface area contributed by atoms with Crippen LogP contribution in [-0.2, 0) is 5.88 Å². The van der Waals surface area contributed by atoms with Crippen molar-refractivity contribution in [2.45, 2.75) is 5.88 Å². The molecule has 1 aromatic carbocycles. The minimum atomic E-state index is -0.273. The third kappa shape index (κ3) is 1.77. The van der Waals surface area contributed by atoms with Gasteiger partial charge in [-0.25, -0.2) is 9.07 Å². The molecule has 0 atom stereocenters. The van der Waals surface area contributed by atoms with Crippen molar-refractivity contribution in [1.29, 1.82) is 0 Å². The molecular weight excluding hydrogens is 203 g/mol. The van der Waals surface area contributed by atoms with Crippen LogP contribution in [0.5, 0.6) is 0 Å². The number of aromatic nitrogens is 2. The standard InChI is InChI=1S/C10H8ClFN2/c11-7-9-4-5-14(13-9)10-3-1-2-8(12)6-10/h1-6H,7H2. The summed E-state index contributed by atoms with van der Waals surface area (Å²) in [6.45, 7) is 0. The molecule has 0 aliphatic carbocycles. The Bertz CT molecular complexity index is 439. The number of halogens is 2. The normalized spacial score (nSPS) is 10.4. The minimum absolute atomic E-state index is 0.273. The highest BCUT2D eigenvalue weighted by molar-refractivity contribution is 6.16. The van der Waals surface area contributed by atoms with E-state index in [4.69, 9.17) is 11.6 Å². The molecule has 2 rings (SSSR count). The van der Waals surface area contributed by atoms with E-state index in [-0.39, 0.29) is 5.82 Å². The van der Waals surface area contributed by atoms with Crippen LogP contribution in [0, 0.1) is 5.82 Å². The third-order valence-corrected chi connectivity index (χ3v) is 2.13. The van der Waals surface area contributed by atoms with Crippen molar-refractivity contribution in [3.05, 3.63) is 48.0 Å². The van der Waals surface area contributed by atoms with Crippen molar-refractivity contribution in [2.75, 3.05) is 0 Å². The Morgan fingerprint density at radius 2 is 2.21 bits per heavy atom. The first-order chi connectivity index (χ1) is 6.79. The second-order valence-corrected chi connectivity index (χ2v) is 3.13. The highest BCUT2D eigenvalue weighted by Gasteiger charge is 2.00. The second-order valence-electron chi connectivity index (χ2n) is 2.87. The van der Waals surface area contributed by atoms with E-state index in [1.54, 1.807) is 29.1 Å². The van der Waals surface area contributed by atoms with Crippen LogP contribution in [0.15, 0.2) is 36.5 Å². The zero-order valence-corrected chi connectivity index (χ0v) is 8.08. The van der Waals surface area contributed by atoms with Gasteiger partial charge in [0.25, 0.3) is 0 Å². The lowest BCUT2D eigenvalue weighted by molar-refractivity contribution is 0.625. The van der Waals surface area contributed by atoms with E-state index in [2.05, 4.69) is 5.10 Å². The lowest BCUT2D eigenvalue weighted by atomic mass is 10.3. The van der Waals surface area contributed by atoms with Gasteiger partial charge in [0.1, 0.15) is 5.82 Å². The summed E-state index contributed by atoms with van der Waals surface area (Å²) in [5.41, 5.74) is 1.47. The number of hydrogen-bond donors (Lipinski definition) is 0. The molecule has 0 unspecified atom stereocenters. The molecule has 4 heteroatoms. The fraction of sp³-hybridized carbons (Fsp3) is 0.100. The van der Waals surface area contributed by atoms with Gasteiger partial charge in [-0.15, -0.1) is 11.6 Å². The van der Waals surface area contributed by atoms with Crippen molar-refractivity contribution < 1.29 is 4.39 Å². The molecule has 72 valence electrons. The third-order valence-electron chi connectivity index (χ3n) is 1.85. The fourth-order valence-corrected chi connectivity index (χ4v) is 1.34. The van der Waals surface area contributed by atoms with E-state index in [0.717, 1.165) is 5.69 Å². The number of rotatable bonds is 2. The molecule has 0 radical (unpaired) electrons. The molecule has 0 bridgehead atoms. The second kappa shape index (κ2) is 3.80. The molecule has 2 aromatic rings. The molecule has 0 amide bonds. The molecule has 0 N–H and O–H groups in total. The first-order valence-corrected chi connectivity index (χ1v) is 4.69. The Hall–Kier alpha value is -1.35. The summed E-state index contributed by atoms with van der Waals surface area (Å²) >= 11 is 5.61. The SMILES string of the molecule is Fc1cccc(-n2ccc(CCl)n2)c1. The van der Waals surface area contributed by atoms with Gasteiger partial charge in [0.2, 0.25) is 0 Å². The van der Waals surface area contributed by atoms with Crippen LogP contribution >= 0.6 is 11.6 Å². The number of benzene rings is 1. The average Bonchev–Trinajstić information content (AvgIpc) is 2.66. The maximum Gasteiger partial charge on any atom is 0.125 e. The molecule has 0 aliphatic rings. The zero-order chi connectivity index (χ0) is 9.97. The molecule has 2 nitrogen and oxygen atoms in total. The molecule has 0 saturated carbocycles. The first kappa shape index (κ1) is 9.21. The highest BCUT2D eigenvalue weighted by Crippen LogP contribution is 2.10. The Kier molecular flexibility index (Phi) is 2.50. The summed E-state index contributed by atoms with van der Waals surface area (Å²) in [6, 6.07) is 8.05. The van der Waals surface area contributed by atoms with Crippen LogP contribution < -0.4 is 0 Å². The molecule has 0 saturated heterocycles. The first-order valence-electron chi connectivity index (χ1n) is 4.16. The summed E-state index contributed by atoms with van der Waals surface area (Å²) < 4.78 is 14.5. The Morgan fingerprint density at radius 3 is 2.86 bits per heavy atom. The Balaban J connectivity index is 2.39. The number of nitrogens with zero attached hydrogens (tertiary/aromatic N) is 2. The summed E-state index contributed by atoms with van der Waals surface area (Å²) in [6.07, 6.45) is 1.76. The van der Waals surface area contributed by atoms with Crippen LogP contribution in [-0.4, -0.2) is 9.78 Å². The lowest BCUT2D eigenvalue weighted by Crippen LogP contribution is -1.95. The summed E-state index contributed by atoms with van der Waals surface area (Å²) in [4.78, 5) is 0. The van der Waals surface area contributed by atoms with E-state index < -0.39 is 0 Å². The molecule has 0 aliphatic heterocycles. The van der Waals surface area contributed by atoms with Crippen LogP contribution in [0.2, 0.25) is 0 Å². The summed E-state index contributed by atoms with van der Waals surface area (Å²) in [5, 5.41) is 4.16. The smallest absolute Gasteiger partial charge is 0.125 e. The fourth-order valence-electron chi connectivity index (χ4n) is 1.20. The molecule has 14 heavy (non-hydrogen) atoms. The summed E-state index contributed by atoms with van der Waals surface area (Å²) in [5.74, 6) is 0.0907. The van der Waals surface area contributed by atoms with E-state index in [1.807, 2.05) is 0 Å². The van der Waals surface area contributed by atoms with E-state index >= 15 is 0 Å². The molecule has 1 heterocycles. The minimum Gasteiger partial charge on any atom is -0.241 e. The van der Waals surface area contributed by atoms with E-state index in [9.17, 15) is 4.39 Å². The summed E-state index contributed by atoms with van der Waals surface area (Å²) in [7, 11) is 0. The molecule has 0 fully saturated rings. The van der Waals surface area contributed by atoms with Gasteiger partial charge in [-0.05, 0) is 24.3 Å². The van der Waals surface area contributed by atoms with Crippen molar-refractivity contribution in [2.24, 2.45) is 0 Å². The molecular formula is C10H8ClFN2. The van der Waals surface area contributed by atoms with Crippen LogP contribution in [0.4, 0.5) is 4.39 Å². The monoisotopic (exact) mass is 210 g/mol. The predicted octanol–water partition coefficient (Wildman–Crippen LogP) is 2.75. The van der Waals surface area contributed by atoms with Crippen LogP contribution in [0.25, 0.3) is 5.69 Å². The van der Waals surface area contributed by atoms with Crippen LogP contribution in [0.3, 0.4) is 0 Å². The van der Waals surface area contributed by atoms with Gasteiger partial charge in [0.15, 0.2) is 0 Å². The van der Waals surface area contributed by atoms with Crippen LogP contribution in [0.1, 0.15) is 5.69 Å². The van der Waals surface area contributed by atoms with Gasteiger partial charge >= 0.3 is 0 Å². The van der Waals surface area contributed by atoms with Crippen molar-refractivity contribution in [3.8, 4) is 5.69 Å². The van der Waals surface area contributed by atoms with Gasteiger partial charge in [-0.3, -0.25) is 0 Å². The van der Waals surface area contributed by atoms with Gasteiger partial charge in [-0.2, -0.15) is 5.10 Å². The van der Waals surface area contributed by atoms with Gasteiger partial charge < -0.3 is 0 Å². The molecule has 0 spiro atoms. The largest absolute Gasteiger partial charge is 0.241 e. The van der Waals surface area contributed by atoms with Gasteiger partial charge in [-0.1, -0.05) is 6.07 Å². The topological polar surface area (TPSA) is 17.8 Å². The van der Waals surface area contributed by atoms with Gasteiger partial charge in [0.05, 0.1) is 17.3 Å². The Morgan fingerprint density at radius 1 is 1.36 bits per heavy atom. The van der Waals surface area contributed by atoms with Crippen molar-refractivity contribution >= 4 is 11.6 Å². The maximum absolute atomic E-state index is 12.9. The number of hydrogen-bond acceptors (Lipinski definition) is 1. The van der Waals surface area contributed by atoms with Crippen molar-refractivity contribution in [1.82, 2.24) is 9.78 Å². The Labute approximate surface area is 85.9 Å². The van der Waals surface area contributed by atoms with Crippen molar-refractivity contribution in [3.63, 3.8) is 0 Å². The van der Waals surface area contributed by atoms with E-state index in [0.29, 0.717) is 11.6 Å². The van der Waals surface area contributed by atoms with Gasteiger partial charge in [0, 0.05) is 6.20 Å². The quantitative estimate of drug-likeness (QED) is 0.697.